The number of ether oxygens (including phenoxy) is 2. The third-order valence-electron chi connectivity index (χ3n) is 8.07. The van der Waals surface area contributed by atoms with E-state index in [9.17, 15) is 14.7 Å². The minimum atomic E-state index is -1.13. The Morgan fingerprint density at radius 3 is 2.67 bits per heavy atom. The van der Waals surface area contributed by atoms with Crippen LogP contribution in [0.5, 0.6) is 0 Å². The summed E-state index contributed by atoms with van der Waals surface area (Å²) in [6.45, 7) is 7.27. The van der Waals surface area contributed by atoms with Crippen molar-refractivity contribution in [3.63, 3.8) is 0 Å². The molecule has 1 aliphatic carbocycles. The zero-order chi connectivity index (χ0) is 30.1. The van der Waals surface area contributed by atoms with Crippen LogP contribution < -0.4 is 0 Å². The van der Waals surface area contributed by atoms with Gasteiger partial charge in [0.25, 0.3) is 0 Å². The predicted octanol–water partition coefficient (Wildman–Crippen LogP) is 5.91. The smallest absolute Gasteiger partial charge is 0.416 e. The number of amides is 1. The molecule has 4 aromatic rings. The van der Waals surface area contributed by atoms with Crippen molar-refractivity contribution in [3.8, 4) is 11.3 Å². The summed E-state index contributed by atoms with van der Waals surface area (Å²) in [6, 6.07) is 5.55. The number of fused-ring (bicyclic) bond motifs is 1. The van der Waals surface area contributed by atoms with Crippen LogP contribution in [0.15, 0.2) is 43.0 Å². The van der Waals surface area contributed by atoms with E-state index in [-0.39, 0.29) is 12.8 Å². The number of carbonyl (C=O) groups is 2. The molecule has 12 nitrogen and oxygen atoms in total. The van der Waals surface area contributed by atoms with Crippen LogP contribution in [0.25, 0.3) is 22.3 Å². The number of rotatable bonds is 8. The summed E-state index contributed by atoms with van der Waals surface area (Å²) in [5, 5.41) is 18.8. The fourth-order valence-electron chi connectivity index (χ4n) is 5.71. The van der Waals surface area contributed by atoms with E-state index in [2.05, 4.69) is 19.9 Å². The fraction of sp³-hybridized carbons (Fsp3) is 0.516. The van der Waals surface area contributed by atoms with Crippen molar-refractivity contribution in [1.29, 1.82) is 0 Å². The first kappa shape index (κ1) is 28.9. The molecule has 43 heavy (non-hydrogen) atoms. The number of pyridine rings is 1. The van der Waals surface area contributed by atoms with Crippen molar-refractivity contribution >= 4 is 23.2 Å². The predicted molar refractivity (Wildman–Crippen MR) is 159 cm³/mol. The molecule has 2 fully saturated rings. The van der Waals surface area contributed by atoms with Crippen LogP contribution in [0, 0.1) is 5.92 Å². The van der Waals surface area contributed by atoms with Gasteiger partial charge in [-0.15, -0.1) is 5.10 Å². The Kier molecular flexibility index (Phi) is 7.95. The molecular formula is C31H39N7O5. The minimum Gasteiger partial charge on any atom is -0.464 e. The summed E-state index contributed by atoms with van der Waals surface area (Å²) >= 11 is 0. The average molecular weight is 590 g/mol. The van der Waals surface area contributed by atoms with Crippen molar-refractivity contribution in [3.05, 3.63) is 54.2 Å². The molecule has 228 valence electrons. The summed E-state index contributed by atoms with van der Waals surface area (Å²) < 4.78 is 16.6. The molecule has 2 aliphatic rings. The van der Waals surface area contributed by atoms with Gasteiger partial charge in [0.05, 0.1) is 36.0 Å². The second-order valence-electron chi connectivity index (χ2n) is 12.6. The maximum Gasteiger partial charge on any atom is 0.416 e. The molecule has 12 heteroatoms. The second kappa shape index (κ2) is 11.8. The molecule has 1 aliphatic heterocycles. The minimum absolute atomic E-state index is 0.0557. The Hall–Kier alpha value is -4.19. The lowest BCUT2D eigenvalue weighted by Crippen LogP contribution is -2.41. The molecule has 5 heterocycles. The van der Waals surface area contributed by atoms with Gasteiger partial charge in [-0.25, -0.2) is 18.8 Å². The number of hydrogen-bond donors (Lipinski definition) is 1. The van der Waals surface area contributed by atoms with Gasteiger partial charge in [0.1, 0.15) is 17.5 Å². The van der Waals surface area contributed by atoms with E-state index in [0.29, 0.717) is 35.7 Å². The third kappa shape index (κ3) is 6.58. The van der Waals surface area contributed by atoms with Gasteiger partial charge in [-0.05, 0) is 82.6 Å². The van der Waals surface area contributed by atoms with E-state index >= 15 is 0 Å². The van der Waals surface area contributed by atoms with Crippen molar-refractivity contribution in [2.24, 2.45) is 5.92 Å². The normalized spacial score (nSPS) is 17.6. The SMILES string of the molecule is CC(C)(C)OC(=O)N(Cc1cc2ncc(Cn3cc(-c4ccn(C5CCCCO5)c4)nn3)cc2n1C(=O)O)CC1CCC1. The van der Waals surface area contributed by atoms with E-state index < -0.39 is 17.8 Å². The number of aromatic nitrogens is 6. The van der Waals surface area contributed by atoms with Gasteiger partial charge in [0, 0.05) is 37.3 Å². The van der Waals surface area contributed by atoms with Crippen LogP contribution in [0.4, 0.5) is 9.59 Å². The van der Waals surface area contributed by atoms with Crippen molar-refractivity contribution in [1.82, 2.24) is 34.0 Å². The first-order valence-electron chi connectivity index (χ1n) is 15.0. The quantitative estimate of drug-likeness (QED) is 0.269. The van der Waals surface area contributed by atoms with Crippen molar-refractivity contribution < 1.29 is 24.2 Å². The second-order valence-corrected chi connectivity index (χ2v) is 12.6. The summed E-state index contributed by atoms with van der Waals surface area (Å²) in [4.78, 5) is 31.7. The summed E-state index contributed by atoms with van der Waals surface area (Å²) in [6.07, 6.45) is 12.6. The monoisotopic (exact) mass is 589 g/mol. The maximum absolute atomic E-state index is 13.1. The largest absolute Gasteiger partial charge is 0.464 e. The Labute approximate surface area is 250 Å². The molecule has 4 aromatic heterocycles. The summed E-state index contributed by atoms with van der Waals surface area (Å²) in [7, 11) is 0. The molecule has 0 radical (unpaired) electrons. The van der Waals surface area contributed by atoms with Crippen LogP contribution in [-0.4, -0.2) is 70.1 Å². The van der Waals surface area contributed by atoms with Crippen LogP contribution in [0.3, 0.4) is 0 Å². The van der Waals surface area contributed by atoms with Crippen LogP contribution in [0.2, 0.25) is 0 Å². The van der Waals surface area contributed by atoms with Gasteiger partial charge in [0.15, 0.2) is 0 Å². The Morgan fingerprint density at radius 2 is 1.98 bits per heavy atom. The Bertz CT molecular complexity index is 1600. The lowest BCUT2D eigenvalue weighted by Gasteiger charge is -2.33. The van der Waals surface area contributed by atoms with Crippen LogP contribution in [0.1, 0.15) is 76.8 Å². The highest BCUT2D eigenvalue weighted by molar-refractivity contribution is 5.88. The summed E-state index contributed by atoms with van der Waals surface area (Å²) in [5.41, 5.74) is 3.29. The molecular weight excluding hydrogens is 550 g/mol. The van der Waals surface area contributed by atoms with Gasteiger partial charge in [0.2, 0.25) is 0 Å². The van der Waals surface area contributed by atoms with E-state index in [4.69, 9.17) is 9.47 Å². The van der Waals surface area contributed by atoms with E-state index in [1.165, 1.54) is 4.57 Å². The van der Waals surface area contributed by atoms with Crippen molar-refractivity contribution in [2.45, 2.75) is 84.2 Å². The molecule has 1 N–H and O–H groups in total. The van der Waals surface area contributed by atoms with E-state index in [0.717, 1.165) is 62.0 Å². The first-order chi connectivity index (χ1) is 20.6. The number of carboxylic acid groups (broad SMARTS) is 1. The number of hydrogen-bond acceptors (Lipinski definition) is 7. The lowest BCUT2D eigenvalue weighted by molar-refractivity contribution is -0.0317. The fourth-order valence-corrected chi connectivity index (χ4v) is 5.71. The van der Waals surface area contributed by atoms with Gasteiger partial charge >= 0.3 is 12.2 Å². The highest BCUT2D eigenvalue weighted by Crippen LogP contribution is 2.30. The zero-order valence-electron chi connectivity index (χ0n) is 25.0. The summed E-state index contributed by atoms with van der Waals surface area (Å²) in [5.74, 6) is 0.395. The van der Waals surface area contributed by atoms with E-state index in [1.54, 1.807) is 21.8 Å². The van der Waals surface area contributed by atoms with Gasteiger partial charge in [-0.2, -0.15) is 0 Å². The molecule has 1 unspecified atom stereocenters. The third-order valence-corrected chi connectivity index (χ3v) is 8.07. The molecule has 0 spiro atoms. The van der Waals surface area contributed by atoms with E-state index in [1.807, 2.05) is 51.5 Å². The lowest BCUT2D eigenvalue weighted by atomic mass is 9.85. The molecule has 1 atom stereocenters. The van der Waals surface area contributed by atoms with Crippen molar-refractivity contribution in [2.75, 3.05) is 13.2 Å². The number of nitrogens with zero attached hydrogens (tertiary/aromatic N) is 7. The zero-order valence-corrected chi connectivity index (χ0v) is 25.0. The Morgan fingerprint density at radius 1 is 1.14 bits per heavy atom. The van der Waals surface area contributed by atoms with Crippen LogP contribution >= 0.6 is 0 Å². The van der Waals surface area contributed by atoms with Gasteiger partial charge in [-0.3, -0.25) is 4.98 Å². The number of carbonyl (C=O) groups excluding carboxylic acids is 1. The first-order valence-corrected chi connectivity index (χ1v) is 15.0. The molecule has 1 saturated carbocycles. The molecule has 1 saturated heterocycles. The molecule has 6 rings (SSSR count). The van der Waals surface area contributed by atoms with Gasteiger partial charge in [-0.1, -0.05) is 11.6 Å². The molecule has 0 bridgehead atoms. The van der Waals surface area contributed by atoms with Gasteiger partial charge < -0.3 is 24.0 Å². The van der Waals surface area contributed by atoms with Crippen LogP contribution in [-0.2, 0) is 22.6 Å². The Balaban J connectivity index is 1.21. The molecule has 0 aromatic carbocycles. The average Bonchev–Trinajstić information content (AvgIpc) is 3.67. The highest BCUT2D eigenvalue weighted by Gasteiger charge is 2.29. The topological polar surface area (TPSA) is 130 Å². The molecule has 1 amide bonds. The highest BCUT2D eigenvalue weighted by atomic mass is 16.6. The maximum atomic E-state index is 13.1. The standard InChI is InChI=1S/C31H39N7O5/c1-31(2,3)43-30(41)36(16-21-7-6-8-21)19-24-14-25-27(38(24)29(39)40)13-22(15-32-25)17-37-20-26(33-34-37)23-10-11-35(18-23)28-9-4-5-12-42-28/h10-11,13-15,18,20-21,28H,4-9,12,16-17,19H2,1-3H3,(H,39,40).